The van der Waals surface area contributed by atoms with Gasteiger partial charge in [-0.3, -0.25) is 9.67 Å². The van der Waals surface area contributed by atoms with E-state index >= 15 is 0 Å². The van der Waals surface area contributed by atoms with E-state index in [0.717, 1.165) is 11.3 Å². The van der Waals surface area contributed by atoms with Crippen molar-refractivity contribution in [3.8, 4) is 0 Å². The average Bonchev–Trinajstić information content (AvgIpc) is 2.44. The highest BCUT2D eigenvalue weighted by atomic mass is 15.3. The van der Waals surface area contributed by atoms with E-state index < -0.39 is 0 Å². The molecule has 1 aromatic heterocycles. The van der Waals surface area contributed by atoms with Crippen molar-refractivity contribution >= 4 is 5.84 Å². The lowest BCUT2D eigenvalue weighted by atomic mass is 10.2. The third-order valence-electron chi connectivity index (χ3n) is 2.01. The van der Waals surface area contributed by atoms with E-state index in [1.54, 1.807) is 10.9 Å². The van der Waals surface area contributed by atoms with E-state index in [9.17, 15) is 0 Å². The number of nitrogens with zero attached hydrogens (tertiary/aromatic N) is 3. The van der Waals surface area contributed by atoms with Gasteiger partial charge in [0, 0.05) is 18.8 Å². The summed E-state index contributed by atoms with van der Waals surface area (Å²) < 4.78 is 1.79. The number of nitrogens with one attached hydrogen (secondary N) is 1. The Morgan fingerprint density at radius 3 is 2.64 bits per heavy atom. The molecule has 1 aromatic rings. The quantitative estimate of drug-likeness (QED) is 0.309. The Morgan fingerprint density at radius 2 is 2.29 bits per heavy atom. The fourth-order valence-electron chi connectivity index (χ4n) is 1.17. The second kappa shape index (κ2) is 4.23. The lowest BCUT2D eigenvalue weighted by molar-refractivity contribution is 0.739. The van der Waals surface area contributed by atoms with Gasteiger partial charge in [-0.25, -0.2) is 5.84 Å². The molecule has 5 heteroatoms. The molecule has 0 aliphatic rings. The molecule has 0 aliphatic heterocycles. The summed E-state index contributed by atoms with van der Waals surface area (Å²) in [6.07, 6.45) is 1.76. The number of aryl methyl sites for hydroxylation is 1. The molecule has 0 saturated heterocycles. The zero-order valence-electron chi connectivity index (χ0n) is 9.07. The number of rotatable bonds is 2. The number of hydrazine groups is 1. The maximum Gasteiger partial charge on any atom is 0.146 e. The Bertz CT molecular complexity index is 337. The fourth-order valence-corrected chi connectivity index (χ4v) is 1.17. The normalized spacial score (nSPS) is 12.3. The summed E-state index contributed by atoms with van der Waals surface area (Å²) in [6.45, 7) is 5.99. The molecule has 78 valence electrons. The Hall–Kier alpha value is -1.36. The van der Waals surface area contributed by atoms with Crippen LogP contribution < -0.4 is 11.3 Å². The first-order valence-corrected chi connectivity index (χ1v) is 4.59. The van der Waals surface area contributed by atoms with Gasteiger partial charge in [-0.05, 0) is 20.8 Å². The Balaban J connectivity index is 3.07. The van der Waals surface area contributed by atoms with Gasteiger partial charge in [0.25, 0.3) is 0 Å². The van der Waals surface area contributed by atoms with Gasteiger partial charge in [-0.15, -0.1) is 0 Å². The highest BCUT2D eigenvalue weighted by Crippen LogP contribution is 2.06. The van der Waals surface area contributed by atoms with Crippen molar-refractivity contribution < 1.29 is 0 Å². The van der Waals surface area contributed by atoms with Gasteiger partial charge in [-0.1, -0.05) is 0 Å². The van der Waals surface area contributed by atoms with E-state index in [1.165, 1.54) is 0 Å². The van der Waals surface area contributed by atoms with Crippen molar-refractivity contribution in [2.75, 3.05) is 0 Å². The standard InChI is InChI=1S/C9H17N5/c1-6(2)12-9(13-10)8-5-11-14(4)7(8)3/h5-6H,10H2,1-4H3,(H,12,13). The average molecular weight is 195 g/mol. The third kappa shape index (κ3) is 2.11. The van der Waals surface area contributed by atoms with Crippen molar-refractivity contribution in [3.63, 3.8) is 0 Å². The number of aliphatic imine (C=N–C) groups is 1. The minimum Gasteiger partial charge on any atom is -0.308 e. The van der Waals surface area contributed by atoms with Crippen LogP contribution in [0.4, 0.5) is 0 Å². The third-order valence-corrected chi connectivity index (χ3v) is 2.01. The van der Waals surface area contributed by atoms with Gasteiger partial charge >= 0.3 is 0 Å². The second-order valence-corrected chi connectivity index (χ2v) is 3.48. The lowest BCUT2D eigenvalue weighted by Gasteiger charge is -2.06. The number of nitrogens with two attached hydrogens (primary N) is 1. The summed E-state index contributed by atoms with van der Waals surface area (Å²) in [6, 6.07) is 0.209. The molecule has 3 N–H and O–H groups in total. The highest BCUT2D eigenvalue weighted by molar-refractivity contribution is 5.99. The van der Waals surface area contributed by atoms with Crippen LogP contribution in [0.25, 0.3) is 0 Å². The van der Waals surface area contributed by atoms with Crippen LogP contribution in [-0.2, 0) is 7.05 Å². The van der Waals surface area contributed by atoms with Crippen molar-refractivity contribution in [2.45, 2.75) is 26.8 Å². The van der Waals surface area contributed by atoms with Crippen LogP contribution in [0.1, 0.15) is 25.1 Å². The van der Waals surface area contributed by atoms with Crippen LogP contribution >= 0.6 is 0 Å². The molecule has 0 aliphatic carbocycles. The van der Waals surface area contributed by atoms with Crippen LogP contribution in [0, 0.1) is 6.92 Å². The minimum atomic E-state index is 0.209. The number of hydrogen-bond acceptors (Lipinski definition) is 3. The van der Waals surface area contributed by atoms with Gasteiger partial charge in [0.1, 0.15) is 5.84 Å². The maximum atomic E-state index is 5.41. The van der Waals surface area contributed by atoms with Crippen molar-refractivity contribution in [1.82, 2.24) is 15.2 Å². The molecule has 0 spiro atoms. The van der Waals surface area contributed by atoms with Gasteiger partial charge in [0.05, 0.1) is 11.8 Å². The topological polar surface area (TPSA) is 68.2 Å². The Labute approximate surface area is 84.0 Å². The monoisotopic (exact) mass is 195 g/mol. The van der Waals surface area contributed by atoms with Gasteiger partial charge < -0.3 is 5.43 Å². The van der Waals surface area contributed by atoms with Gasteiger partial charge in [0.15, 0.2) is 0 Å². The van der Waals surface area contributed by atoms with Crippen LogP contribution in [0.5, 0.6) is 0 Å². The lowest BCUT2D eigenvalue weighted by Crippen LogP contribution is -2.32. The van der Waals surface area contributed by atoms with E-state index in [-0.39, 0.29) is 6.04 Å². The minimum absolute atomic E-state index is 0.209. The van der Waals surface area contributed by atoms with Gasteiger partial charge in [0.2, 0.25) is 0 Å². The molecule has 0 amide bonds. The zero-order valence-corrected chi connectivity index (χ0v) is 9.07. The summed E-state index contributed by atoms with van der Waals surface area (Å²) in [7, 11) is 1.89. The SMILES string of the molecule is Cc1c(C(=NC(C)C)NN)cnn1C. The Kier molecular flexibility index (Phi) is 3.24. The molecular formula is C9H17N5. The molecule has 1 heterocycles. The van der Waals surface area contributed by atoms with Crippen LogP contribution in [0.3, 0.4) is 0 Å². The molecule has 0 radical (unpaired) electrons. The number of amidine groups is 1. The van der Waals surface area contributed by atoms with Crippen molar-refractivity contribution in [2.24, 2.45) is 17.9 Å². The number of hydrogen-bond donors (Lipinski definition) is 2. The summed E-state index contributed by atoms with van der Waals surface area (Å²) in [4.78, 5) is 4.37. The summed E-state index contributed by atoms with van der Waals surface area (Å²) in [5.74, 6) is 6.10. The molecule has 0 atom stereocenters. The first-order chi connectivity index (χ1) is 6.56. The molecule has 5 nitrogen and oxygen atoms in total. The van der Waals surface area contributed by atoms with Crippen LogP contribution in [0.2, 0.25) is 0 Å². The predicted octanol–water partition coefficient (Wildman–Crippen LogP) is 0.347. The largest absolute Gasteiger partial charge is 0.308 e. The summed E-state index contributed by atoms with van der Waals surface area (Å²) >= 11 is 0. The molecule has 0 unspecified atom stereocenters. The zero-order chi connectivity index (χ0) is 10.7. The van der Waals surface area contributed by atoms with Crippen molar-refractivity contribution in [1.29, 1.82) is 0 Å². The molecule has 0 aromatic carbocycles. The highest BCUT2D eigenvalue weighted by Gasteiger charge is 2.09. The number of aromatic nitrogens is 2. The molecule has 1 rings (SSSR count). The first kappa shape index (κ1) is 10.7. The van der Waals surface area contributed by atoms with Crippen molar-refractivity contribution in [3.05, 3.63) is 17.5 Å². The molecule has 0 fully saturated rings. The fraction of sp³-hybridized carbons (Fsp3) is 0.556. The van der Waals surface area contributed by atoms with E-state index in [2.05, 4.69) is 15.5 Å². The maximum absolute atomic E-state index is 5.41. The molecule has 14 heavy (non-hydrogen) atoms. The second-order valence-electron chi connectivity index (χ2n) is 3.48. The first-order valence-electron chi connectivity index (χ1n) is 4.59. The van der Waals surface area contributed by atoms with Gasteiger partial charge in [-0.2, -0.15) is 5.10 Å². The predicted molar refractivity (Wildman–Crippen MR) is 56.9 cm³/mol. The smallest absolute Gasteiger partial charge is 0.146 e. The summed E-state index contributed by atoms with van der Waals surface area (Å²) in [5.41, 5.74) is 4.59. The van der Waals surface area contributed by atoms with Crippen LogP contribution in [-0.4, -0.2) is 21.7 Å². The van der Waals surface area contributed by atoms with E-state index in [0.29, 0.717) is 5.84 Å². The Morgan fingerprint density at radius 1 is 1.64 bits per heavy atom. The molecule has 0 bridgehead atoms. The van der Waals surface area contributed by atoms with E-state index in [1.807, 2.05) is 27.8 Å². The van der Waals surface area contributed by atoms with E-state index in [4.69, 9.17) is 5.84 Å². The molecule has 0 saturated carbocycles. The summed E-state index contributed by atoms with van der Waals surface area (Å²) in [5, 5.41) is 4.13. The van der Waals surface area contributed by atoms with Crippen LogP contribution in [0.15, 0.2) is 11.2 Å². The molecular weight excluding hydrogens is 178 g/mol.